The van der Waals surface area contributed by atoms with Crippen LogP contribution < -0.4 is 5.32 Å². The molecule has 1 atom stereocenters. The average Bonchev–Trinajstić information content (AvgIpc) is 3.02. The molecular formula is C20H18FN3O. The lowest BCUT2D eigenvalue weighted by molar-refractivity contribution is 0.0940. The van der Waals surface area contributed by atoms with Gasteiger partial charge in [-0.1, -0.05) is 18.2 Å². The summed E-state index contributed by atoms with van der Waals surface area (Å²) >= 11 is 0. The number of hydrogen-bond acceptors (Lipinski definition) is 3. The number of ketones is 1. The van der Waals surface area contributed by atoms with Gasteiger partial charge in [-0.15, -0.1) is 0 Å². The summed E-state index contributed by atoms with van der Waals surface area (Å²) in [4.78, 5) is 20.1. The fraction of sp³-hybridized carbons (Fsp3) is 0.200. The molecule has 4 rings (SSSR count). The number of fused-ring (bicyclic) bond motifs is 1. The van der Waals surface area contributed by atoms with Crippen LogP contribution >= 0.6 is 0 Å². The minimum absolute atomic E-state index is 0.0149. The number of carbonyl (C=O) groups is 1. The van der Waals surface area contributed by atoms with E-state index in [9.17, 15) is 9.18 Å². The van der Waals surface area contributed by atoms with Crippen molar-refractivity contribution in [3.05, 3.63) is 66.1 Å². The van der Waals surface area contributed by atoms with Crippen molar-refractivity contribution in [2.45, 2.75) is 12.8 Å². The van der Waals surface area contributed by atoms with Gasteiger partial charge in [-0.05, 0) is 36.6 Å². The molecule has 2 heterocycles. The number of para-hydroxylation sites is 1. The monoisotopic (exact) mass is 335 g/mol. The molecule has 2 N–H and O–H groups in total. The predicted octanol–water partition coefficient (Wildman–Crippen LogP) is 4.53. The Kier molecular flexibility index (Phi) is 4.06. The number of nitrogens with zero attached hydrogens (tertiary/aromatic N) is 1. The highest BCUT2D eigenvalue weighted by Crippen LogP contribution is 2.39. The number of alkyl halides is 1. The number of pyridine rings is 1. The van der Waals surface area contributed by atoms with E-state index in [4.69, 9.17) is 0 Å². The van der Waals surface area contributed by atoms with Crippen molar-refractivity contribution >= 4 is 17.2 Å². The Morgan fingerprint density at radius 2 is 1.88 bits per heavy atom. The number of aromatic nitrogens is 2. The van der Waals surface area contributed by atoms with Crippen LogP contribution in [0.15, 0.2) is 54.9 Å². The van der Waals surface area contributed by atoms with Crippen LogP contribution in [-0.2, 0) is 6.42 Å². The van der Waals surface area contributed by atoms with Crippen molar-refractivity contribution in [1.82, 2.24) is 9.97 Å². The zero-order chi connectivity index (χ0) is 17.2. The first-order valence-electron chi connectivity index (χ1n) is 8.32. The molecule has 1 unspecified atom stereocenters. The van der Waals surface area contributed by atoms with Crippen molar-refractivity contribution in [2.24, 2.45) is 5.92 Å². The van der Waals surface area contributed by atoms with Gasteiger partial charge in [0.1, 0.15) is 0 Å². The number of H-pyrrole nitrogens is 1. The van der Waals surface area contributed by atoms with Gasteiger partial charge in [0.25, 0.3) is 0 Å². The number of benzene rings is 1. The molecule has 3 aromatic rings. The molecule has 126 valence electrons. The second-order valence-corrected chi connectivity index (χ2v) is 6.31. The summed E-state index contributed by atoms with van der Waals surface area (Å²) in [7, 11) is 0. The maximum Gasteiger partial charge on any atom is 0.167 e. The molecule has 0 saturated heterocycles. The molecule has 0 amide bonds. The zero-order valence-corrected chi connectivity index (χ0v) is 13.6. The highest BCUT2D eigenvalue weighted by atomic mass is 19.1. The third kappa shape index (κ3) is 2.93. The van der Waals surface area contributed by atoms with Gasteiger partial charge in [0, 0.05) is 35.8 Å². The van der Waals surface area contributed by atoms with Crippen LogP contribution in [0.5, 0.6) is 0 Å². The summed E-state index contributed by atoms with van der Waals surface area (Å²) in [6.45, 7) is -0.476. The van der Waals surface area contributed by atoms with Gasteiger partial charge in [0.2, 0.25) is 0 Å². The Morgan fingerprint density at radius 3 is 2.60 bits per heavy atom. The summed E-state index contributed by atoms with van der Waals surface area (Å²) in [5, 5.41) is 3.38. The maximum atomic E-state index is 13.1. The van der Waals surface area contributed by atoms with Gasteiger partial charge in [0.15, 0.2) is 5.78 Å². The lowest BCUT2D eigenvalue weighted by Gasteiger charge is -2.19. The molecule has 0 radical (unpaired) electrons. The standard InChI is InChI=1S/C20H18FN3O/c21-12-13-10-16-18(17(25)11-13)20(23-15-4-2-1-3-5-15)19(24-16)14-6-8-22-9-7-14/h1-9,13,23-24H,10-12H2. The smallest absolute Gasteiger partial charge is 0.167 e. The van der Waals surface area contributed by atoms with Crippen molar-refractivity contribution in [3.8, 4) is 11.3 Å². The van der Waals surface area contributed by atoms with E-state index in [0.29, 0.717) is 12.0 Å². The molecular weight excluding hydrogens is 317 g/mol. The molecule has 2 aromatic heterocycles. The molecule has 0 fully saturated rings. The summed E-state index contributed by atoms with van der Waals surface area (Å²) < 4.78 is 13.1. The van der Waals surface area contributed by atoms with Crippen LogP contribution in [0.2, 0.25) is 0 Å². The third-order valence-corrected chi connectivity index (χ3v) is 4.55. The fourth-order valence-corrected chi connectivity index (χ4v) is 3.37. The first kappa shape index (κ1) is 15.6. The summed E-state index contributed by atoms with van der Waals surface area (Å²) in [5.41, 5.74) is 4.90. The molecule has 0 aliphatic heterocycles. The van der Waals surface area contributed by atoms with Crippen LogP contribution in [0.4, 0.5) is 15.8 Å². The van der Waals surface area contributed by atoms with Crippen LogP contribution in [0, 0.1) is 5.92 Å². The number of hydrogen-bond donors (Lipinski definition) is 2. The van der Waals surface area contributed by atoms with Gasteiger partial charge in [-0.2, -0.15) is 0 Å². The van der Waals surface area contributed by atoms with Crippen molar-refractivity contribution in [1.29, 1.82) is 0 Å². The summed E-state index contributed by atoms with van der Waals surface area (Å²) in [5.74, 6) is -0.257. The minimum Gasteiger partial charge on any atom is -0.356 e. The number of rotatable bonds is 4. The molecule has 1 aliphatic rings. The molecule has 0 bridgehead atoms. The topological polar surface area (TPSA) is 57.8 Å². The molecule has 0 saturated carbocycles. The Hall–Kier alpha value is -2.95. The summed E-state index contributed by atoms with van der Waals surface area (Å²) in [6.07, 6.45) is 4.23. The predicted molar refractivity (Wildman–Crippen MR) is 95.9 cm³/mol. The van der Waals surface area contributed by atoms with Crippen LogP contribution in [-0.4, -0.2) is 22.4 Å². The SMILES string of the molecule is O=C1CC(CF)Cc2[nH]c(-c3ccncc3)c(Nc3ccccc3)c21. The molecule has 1 aromatic carbocycles. The van der Waals surface area contributed by atoms with Crippen molar-refractivity contribution < 1.29 is 9.18 Å². The van der Waals surface area contributed by atoms with E-state index in [0.717, 1.165) is 28.3 Å². The van der Waals surface area contributed by atoms with Crippen LogP contribution in [0.25, 0.3) is 11.3 Å². The minimum atomic E-state index is -0.476. The van der Waals surface area contributed by atoms with E-state index in [2.05, 4.69) is 15.3 Å². The number of halogens is 1. The second-order valence-electron chi connectivity index (χ2n) is 6.31. The normalized spacial score (nSPS) is 16.5. The van der Waals surface area contributed by atoms with E-state index >= 15 is 0 Å². The Bertz CT molecular complexity index is 890. The first-order chi connectivity index (χ1) is 12.3. The van der Waals surface area contributed by atoms with Crippen LogP contribution in [0.3, 0.4) is 0 Å². The molecule has 5 heteroatoms. The first-order valence-corrected chi connectivity index (χ1v) is 8.32. The fourth-order valence-electron chi connectivity index (χ4n) is 3.37. The van der Waals surface area contributed by atoms with Crippen LogP contribution in [0.1, 0.15) is 22.5 Å². The quantitative estimate of drug-likeness (QED) is 0.736. The van der Waals surface area contributed by atoms with E-state index in [1.165, 1.54) is 0 Å². The van der Waals surface area contributed by atoms with E-state index in [-0.39, 0.29) is 18.1 Å². The molecule has 4 nitrogen and oxygen atoms in total. The van der Waals surface area contributed by atoms with E-state index in [1.807, 2.05) is 42.5 Å². The number of nitrogens with one attached hydrogen (secondary N) is 2. The van der Waals surface area contributed by atoms with Gasteiger partial charge < -0.3 is 10.3 Å². The lowest BCUT2D eigenvalue weighted by Crippen LogP contribution is -2.21. The average molecular weight is 335 g/mol. The van der Waals surface area contributed by atoms with Gasteiger partial charge >= 0.3 is 0 Å². The largest absolute Gasteiger partial charge is 0.356 e. The number of Topliss-reactive ketones (excluding diaryl/α,β-unsaturated/α-hetero) is 1. The Morgan fingerprint density at radius 1 is 1.12 bits per heavy atom. The van der Waals surface area contributed by atoms with Crippen molar-refractivity contribution in [2.75, 3.05) is 12.0 Å². The van der Waals surface area contributed by atoms with Gasteiger partial charge in [-0.25, -0.2) is 0 Å². The third-order valence-electron chi connectivity index (χ3n) is 4.55. The van der Waals surface area contributed by atoms with Gasteiger partial charge in [-0.3, -0.25) is 14.2 Å². The Balaban J connectivity index is 1.85. The highest BCUT2D eigenvalue weighted by molar-refractivity contribution is 6.07. The molecule has 25 heavy (non-hydrogen) atoms. The zero-order valence-electron chi connectivity index (χ0n) is 13.6. The number of aromatic amines is 1. The second kappa shape index (κ2) is 6.51. The number of anilines is 2. The van der Waals surface area contributed by atoms with E-state index in [1.54, 1.807) is 12.4 Å². The molecule has 1 aliphatic carbocycles. The van der Waals surface area contributed by atoms with Gasteiger partial charge in [0.05, 0.1) is 23.6 Å². The lowest BCUT2D eigenvalue weighted by atomic mass is 9.87. The summed E-state index contributed by atoms with van der Waals surface area (Å²) in [6, 6.07) is 13.5. The maximum absolute atomic E-state index is 13.1. The molecule has 0 spiro atoms. The van der Waals surface area contributed by atoms with E-state index < -0.39 is 6.67 Å². The number of carbonyl (C=O) groups excluding carboxylic acids is 1. The highest BCUT2D eigenvalue weighted by Gasteiger charge is 2.31. The van der Waals surface area contributed by atoms with Crippen molar-refractivity contribution in [3.63, 3.8) is 0 Å². The Labute approximate surface area is 145 Å².